The summed E-state index contributed by atoms with van der Waals surface area (Å²) in [6.07, 6.45) is 1.45. The van der Waals surface area contributed by atoms with Gasteiger partial charge in [0.15, 0.2) is 6.61 Å². The van der Waals surface area contributed by atoms with Crippen LogP contribution >= 0.6 is 0 Å². The summed E-state index contributed by atoms with van der Waals surface area (Å²) in [6, 6.07) is 12.9. The van der Waals surface area contributed by atoms with E-state index in [1.54, 1.807) is 36.4 Å². The average Bonchev–Trinajstić information content (AvgIpc) is 3.10. The summed E-state index contributed by atoms with van der Waals surface area (Å²) in [7, 11) is 0. The number of carbonyl (C=O) groups is 1. The Hall–Kier alpha value is -3.29. The molecule has 0 saturated heterocycles. The zero-order chi connectivity index (χ0) is 16.1. The number of nitrogens with one attached hydrogen (secondary N) is 1. The molecule has 0 radical (unpaired) electrons. The van der Waals surface area contributed by atoms with Crippen molar-refractivity contribution in [2.24, 2.45) is 0 Å². The zero-order valence-electron chi connectivity index (χ0n) is 11.9. The molecular formula is C15H12FN5O2. The van der Waals surface area contributed by atoms with Gasteiger partial charge in [0.25, 0.3) is 5.91 Å². The van der Waals surface area contributed by atoms with E-state index in [0.717, 1.165) is 0 Å². The van der Waals surface area contributed by atoms with Gasteiger partial charge < -0.3 is 10.1 Å². The summed E-state index contributed by atoms with van der Waals surface area (Å²) in [5, 5.41) is 13.3. The predicted molar refractivity (Wildman–Crippen MR) is 79.7 cm³/mol. The molecule has 3 rings (SSSR count). The van der Waals surface area contributed by atoms with Crippen molar-refractivity contribution in [3.63, 3.8) is 0 Å². The SMILES string of the molecule is O=C(COc1cccc(-n2cnnn2)c1)Nc1ccccc1F. The summed E-state index contributed by atoms with van der Waals surface area (Å²) in [4.78, 5) is 11.8. The van der Waals surface area contributed by atoms with Crippen molar-refractivity contribution in [1.29, 1.82) is 0 Å². The van der Waals surface area contributed by atoms with Gasteiger partial charge in [-0.25, -0.2) is 9.07 Å². The third-order valence-corrected chi connectivity index (χ3v) is 2.95. The van der Waals surface area contributed by atoms with Gasteiger partial charge in [0.2, 0.25) is 0 Å². The van der Waals surface area contributed by atoms with Crippen LogP contribution in [-0.2, 0) is 4.79 Å². The molecule has 2 aromatic carbocycles. The number of rotatable bonds is 5. The first-order valence-electron chi connectivity index (χ1n) is 6.73. The van der Waals surface area contributed by atoms with Crippen molar-refractivity contribution in [3.8, 4) is 11.4 Å². The number of para-hydroxylation sites is 1. The summed E-state index contributed by atoms with van der Waals surface area (Å²) < 4.78 is 20.3. The second-order valence-electron chi connectivity index (χ2n) is 4.57. The van der Waals surface area contributed by atoms with E-state index in [1.807, 2.05) is 0 Å². The summed E-state index contributed by atoms with van der Waals surface area (Å²) in [6.45, 7) is -0.243. The van der Waals surface area contributed by atoms with Crippen molar-refractivity contribution in [2.75, 3.05) is 11.9 Å². The van der Waals surface area contributed by atoms with Gasteiger partial charge in [-0.15, -0.1) is 5.10 Å². The molecule has 8 heteroatoms. The first kappa shape index (κ1) is 14.6. The molecule has 3 aromatic rings. The van der Waals surface area contributed by atoms with Gasteiger partial charge in [0, 0.05) is 6.07 Å². The average molecular weight is 313 g/mol. The molecule has 0 fully saturated rings. The molecule has 0 aliphatic carbocycles. The Bertz CT molecular complexity index is 807. The largest absolute Gasteiger partial charge is 0.484 e. The lowest BCUT2D eigenvalue weighted by Gasteiger charge is -2.09. The van der Waals surface area contributed by atoms with Crippen molar-refractivity contribution in [2.45, 2.75) is 0 Å². The molecule has 7 nitrogen and oxygen atoms in total. The Morgan fingerprint density at radius 3 is 2.87 bits per heavy atom. The number of halogens is 1. The molecule has 0 unspecified atom stereocenters. The highest BCUT2D eigenvalue weighted by atomic mass is 19.1. The molecule has 0 bridgehead atoms. The van der Waals surface area contributed by atoms with Crippen LogP contribution in [0.15, 0.2) is 54.9 Å². The molecule has 0 spiro atoms. The fourth-order valence-corrected chi connectivity index (χ4v) is 1.89. The number of hydrogen-bond acceptors (Lipinski definition) is 5. The van der Waals surface area contributed by atoms with Crippen LogP contribution in [0.3, 0.4) is 0 Å². The maximum absolute atomic E-state index is 13.4. The number of anilines is 1. The molecule has 0 saturated carbocycles. The standard InChI is InChI=1S/C15H12FN5O2/c16-13-6-1-2-7-14(13)18-15(22)9-23-12-5-3-4-11(8-12)21-10-17-19-20-21/h1-8,10H,9H2,(H,18,22). The van der Waals surface area contributed by atoms with Crippen LogP contribution in [0.2, 0.25) is 0 Å². The Balaban J connectivity index is 1.61. The van der Waals surface area contributed by atoms with Crippen LogP contribution in [-0.4, -0.2) is 32.7 Å². The second-order valence-corrected chi connectivity index (χ2v) is 4.57. The van der Waals surface area contributed by atoms with Crippen molar-refractivity contribution in [3.05, 3.63) is 60.7 Å². The number of amides is 1. The van der Waals surface area contributed by atoms with E-state index in [2.05, 4.69) is 20.8 Å². The van der Waals surface area contributed by atoms with Gasteiger partial charge in [-0.05, 0) is 34.7 Å². The molecule has 0 atom stereocenters. The van der Waals surface area contributed by atoms with E-state index >= 15 is 0 Å². The summed E-state index contributed by atoms with van der Waals surface area (Å²) in [5.74, 6) is -0.480. The van der Waals surface area contributed by atoms with Crippen LogP contribution < -0.4 is 10.1 Å². The zero-order valence-corrected chi connectivity index (χ0v) is 11.9. The smallest absolute Gasteiger partial charge is 0.262 e. The fraction of sp³-hybridized carbons (Fsp3) is 0.0667. The summed E-state index contributed by atoms with van der Waals surface area (Å²) >= 11 is 0. The van der Waals surface area contributed by atoms with Gasteiger partial charge in [-0.1, -0.05) is 18.2 Å². The van der Waals surface area contributed by atoms with Crippen molar-refractivity contribution < 1.29 is 13.9 Å². The third kappa shape index (κ3) is 3.67. The maximum atomic E-state index is 13.4. The van der Waals surface area contributed by atoms with Crippen LogP contribution in [0.1, 0.15) is 0 Å². The molecule has 1 N–H and O–H groups in total. The number of ether oxygens (including phenoxy) is 1. The van der Waals surface area contributed by atoms with Crippen LogP contribution in [0.25, 0.3) is 5.69 Å². The van der Waals surface area contributed by atoms with Gasteiger partial charge >= 0.3 is 0 Å². The lowest BCUT2D eigenvalue weighted by atomic mass is 10.3. The number of tetrazole rings is 1. The highest BCUT2D eigenvalue weighted by Gasteiger charge is 2.08. The van der Waals surface area contributed by atoms with E-state index in [1.165, 1.54) is 23.1 Å². The van der Waals surface area contributed by atoms with Gasteiger partial charge in [-0.3, -0.25) is 4.79 Å². The molecule has 0 aliphatic heterocycles. The van der Waals surface area contributed by atoms with Gasteiger partial charge in [0.1, 0.15) is 17.9 Å². The Morgan fingerprint density at radius 2 is 2.09 bits per heavy atom. The van der Waals surface area contributed by atoms with E-state index in [0.29, 0.717) is 11.4 Å². The van der Waals surface area contributed by atoms with E-state index < -0.39 is 11.7 Å². The fourth-order valence-electron chi connectivity index (χ4n) is 1.89. The number of benzene rings is 2. The molecule has 1 aromatic heterocycles. The quantitative estimate of drug-likeness (QED) is 0.777. The number of aromatic nitrogens is 4. The van der Waals surface area contributed by atoms with Gasteiger partial charge in [0.05, 0.1) is 11.4 Å². The summed E-state index contributed by atoms with van der Waals surface area (Å²) in [5.41, 5.74) is 0.811. The van der Waals surface area contributed by atoms with E-state index in [9.17, 15) is 9.18 Å². The molecule has 0 aliphatic rings. The van der Waals surface area contributed by atoms with Gasteiger partial charge in [-0.2, -0.15) is 0 Å². The molecule has 116 valence electrons. The molecule has 1 heterocycles. The first-order valence-corrected chi connectivity index (χ1v) is 6.73. The highest BCUT2D eigenvalue weighted by molar-refractivity contribution is 5.91. The molecule has 23 heavy (non-hydrogen) atoms. The minimum Gasteiger partial charge on any atom is -0.484 e. The van der Waals surface area contributed by atoms with Crippen molar-refractivity contribution >= 4 is 11.6 Å². The Morgan fingerprint density at radius 1 is 1.22 bits per heavy atom. The normalized spacial score (nSPS) is 10.3. The predicted octanol–water partition coefficient (Wildman–Crippen LogP) is 1.82. The number of hydrogen-bond donors (Lipinski definition) is 1. The number of nitrogens with zero attached hydrogens (tertiary/aromatic N) is 4. The topological polar surface area (TPSA) is 81.9 Å². The van der Waals surface area contributed by atoms with Crippen LogP contribution in [0, 0.1) is 5.82 Å². The first-order chi connectivity index (χ1) is 11.2. The molecular weight excluding hydrogens is 301 g/mol. The number of carbonyl (C=O) groups excluding carboxylic acids is 1. The Kier molecular flexibility index (Phi) is 4.23. The van der Waals surface area contributed by atoms with E-state index in [-0.39, 0.29) is 12.3 Å². The maximum Gasteiger partial charge on any atom is 0.262 e. The van der Waals surface area contributed by atoms with E-state index in [4.69, 9.17) is 4.74 Å². The third-order valence-electron chi connectivity index (χ3n) is 2.95. The van der Waals surface area contributed by atoms with Crippen LogP contribution in [0.4, 0.5) is 10.1 Å². The molecule has 1 amide bonds. The Labute approximate surface area is 130 Å². The monoisotopic (exact) mass is 313 g/mol. The second kappa shape index (κ2) is 6.65. The van der Waals surface area contributed by atoms with Crippen molar-refractivity contribution in [1.82, 2.24) is 20.2 Å². The minimum atomic E-state index is -0.499. The lowest BCUT2D eigenvalue weighted by molar-refractivity contribution is -0.118. The van der Waals surface area contributed by atoms with Crippen LogP contribution in [0.5, 0.6) is 5.75 Å². The minimum absolute atomic E-state index is 0.114. The highest BCUT2D eigenvalue weighted by Crippen LogP contribution is 2.16. The lowest BCUT2D eigenvalue weighted by Crippen LogP contribution is -2.20.